The van der Waals surface area contributed by atoms with Gasteiger partial charge in [0.05, 0.1) is 27.3 Å². The predicted octanol–water partition coefficient (Wildman–Crippen LogP) is 4.88. The molecule has 1 aromatic heterocycles. The zero-order valence-corrected chi connectivity index (χ0v) is 17.9. The summed E-state index contributed by atoms with van der Waals surface area (Å²) in [6.07, 6.45) is -6.24. The molecule has 0 bridgehead atoms. The molecular formula is C21H20F6N2O3S. The van der Waals surface area contributed by atoms with E-state index in [-0.39, 0.29) is 11.7 Å². The van der Waals surface area contributed by atoms with Crippen molar-refractivity contribution in [3.63, 3.8) is 0 Å². The van der Waals surface area contributed by atoms with Crippen LogP contribution in [0.3, 0.4) is 0 Å². The predicted molar refractivity (Wildman–Crippen MR) is 106 cm³/mol. The lowest BCUT2D eigenvalue weighted by molar-refractivity contribution is -0.138. The van der Waals surface area contributed by atoms with Crippen LogP contribution in [0.4, 0.5) is 26.3 Å². The van der Waals surface area contributed by atoms with Crippen LogP contribution in [0.25, 0.3) is 0 Å². The standard InChI is InChI=1S/C21H20F6N2O3S/c22-20(23,24)14-2-1-3-16(10-14)33(31,32)12-13-4-6-15(7-5-13)29-19(30)17-11-28-9-8-18(17)21(25,26)27/h1-3,8-11,13,15H,4-7,12H2,(H,29,30)/t13-,15-. The van der Waals surface area contributed by atoms with Crippen molar-refractivity contribution >= 4 is 15.7 Å². The maximum Gasteiger partial charge on any atom is 0.417 e. The molecule has 0 aliphatic heterocycles. The summed E-state index contributed by atoms with van der Waals surface area (Å²) in [4.78, 5) is 15.5. The number of rotatable bonds is 5. The lowest BCUT2D eigenvalue weighted by atomic mass is 9.87. The molecular weight excluding hydrogens is 474 g/mol. The second-order valence-corrected chi connectivity index (χ2v) is 9.95. The molecule has 1 N–H and O–H groups in total. The molecule has 3 rings (SSSR count). The summed E-state index contributed by atoms with van der Waals surface area (Å²) < 4.78 is 103. The van der Waals surface area contributed by atoms with Gasteiger partial charge in [-0.2, -0.15) is 26.3 Å². The molecule has 0 saturated heterocycles. The molecule has 33 heavy (non-hydrogen) atoms. The molecule has 0 atom stereocenters. The highest BCUT2D eigenvalue weighted by atomic mass is 32.2. The zero-order valence-electron chi connectivity index (χ0n) is 17.1. The van der Waals surface area contributed by atoms with Crippen LogP contribution in [0, 0.1) is 5.92 Å². The maximum absolute atomic E-state index is 13.1. The van der Waals surface area contributed by atoms with Gasteiger partial charge in [-0.05, 0) is 55.9 Å². The molecule has 0 unspecified atom stereocenters. The van der Waals surface area contributed by atoms with Crippen LogP contribution >= 0.6 is 0 Å². The Morgan fingerprint density at radius 1 is 1.00 bits per heavy atom. The number of amides is 1. The van der Waals surface area contributed by atoms with Gasteiger partial charge in [-0.1, -0.05) is 6.07 Å². The van der Waals surface area contributed by atoms with Crippen molar-refractivity contribution < 1.29 is 39.6 Å². The molecule has 1 heterocycles. The van der Waals surface area contributed by atoms with Crippen LogP contribution < -0.4 is 5.32 Å². The molecule has 0 radical (unpaired) electrons. The highest BCUT2D eigenvalue weighted by Gasteiger charge is 2.36. The zero-order chi connectivity index (χ0) is 24.4. The van der Waals surface area contributed by atoms with E-state index in [9.17, 15) is 39.6 Å². The van der Waals surface area contributed by atoms with Crippen molar-refractivity contribution in [1.29, 1.82) is 0 Å². The lowest BCUT2D eigenvalue weighted by Crippen LogP contribution is -2.39. The SMILES string of the molecule is O=C(N[C@H]1CC[C@H](CS(=O)(=O)c2cccc(C(F)(F)F)c2)CC1)c1cnccc1C(F)(F)F. The molecule has 2 aromatic rings. The van der Waals surface area contributed by atoms with Crippen molar-refractivity contribution in [3.05, 3.63) is 59.4 Å². The first-order valence-electron chi connectivity index (χ1n) is 9.99. The number of pyridine rings is 1. The van der Waals surface area contributed by atoms with Crippen LogP contribution in [0.15, 0.2) is 47.6 Å². The van der Waals surface area contributed by atoms with Crippen molar-refractivity contribution in [2.45, 2.75) is 49.0 Å². The second kappa shape index (κ2) is 9.32. The van der Waals surface area contributed by atoms with Gasteiger partial charge in [0.25, 0.3) is 5.91 Å². The second-order valence-electron chi connectivity index (χ2n) is 7.92. The molecule has 0 spiro atoms. The molecule has 1 aliphatic carbocycles. The summed E-state index contributed by atoms with van der Waals surface area (Å²) >= 11 is 0. The Morgan fingerprint density at radius 3 is 2.27 bits per heavy atom. The number of hydrogen-bond donors (Lipinski definition) is 1. The van der Waals surface area contributed by atoms with Crippen LogP contribution in [0.1, 0.15) is 47.2 Å². The number of aromatic nitrogens is 1. The van der Waals surface area contributed by atoms with Gasteiger partial charge in [0, 0.05) is 18.4 Å². The van der Waals surface area contributed by atoms with Gasteiger partial charge in [-0.15, -0.1) is 0 Å². The fourth-order valence-corrected chi connectivity index (χ4v) is 5.57. The van der Waals surface area contributed by atoms with Gasteiger partial charge < -0.3 is 5.32 Å². The smallest absolute Gasteiger partial charge is 0.349 e. The fourth-order valence-electron chi connectivity index (χ4n) is 3.83. The molecule has 12 heteroatoms. The van der Waals surface area contributed by atoms with Gasteiger partial charge in [0.15, 0.2) is 9.84 Å². The number of hydrogen-bond acceptors (Lipinski definition) is 4. The molecule has 1 saturated carbocycles. The first-order valence-corrected chi connectivity index (χ1v) is 11.6. The maximum atomic E-state index is 13.1. The average Bonchev–Trinajstić information content (AvgIpc) is 2.74. The van der Waals surface area contributed by atoms with Crippen LogP contribution in [-0.4, -0.2) is 31.1 Å². The molecule has 1 amide bonds. The van der Waals surface area contributed by atoms with E-state index in [1.165, 1.54) is 0 Å². The molecule has 180 valence electrons. The summed E-state index contributed by atoms with van der Waals surface area (Å²) in [6.45, 7) is 0. The number of alkyl halides is 6. The van der Waals surface area contributed by atoms with Crippen molar-refractivity contribution in [1.82, 2.24) is 10.3 Å². The Morgan fingerprint density at radius 2 is 1.67 bits per heavy atom. The lowest BCUT2D eigenvalue weighted by Gasteiger charge is -2.29. The molecule has 5 nitrogen and oxygen atoms in total. The summed E-state index contributed by atoms with van der Waals surface area (Å²) in [5.74, 6) is -1.62. The summed E-state index contributed by atoms with van der Waals surface area (Å²) in [5, 5.41) is 2.53. The number of carbonyl (C=O) groups excluding carboxylic acids is 1. The minimum Gasteiger partial charge on any atom is -0.349 e. The third kappa shape index (κ3) is 6.24. The van der Waals surface area contributed by atoms with Crippen molar-refractivity contribution in [2.24, 2.45) is 5.92 Å². The Bertz CT molecular complexity index is 1110. The topological polar surface area (TPSA) is 76.1 Å². The minimum absolute atomic E-state index is 0.329. The minimum atomic E-state index is -4.72. The van der Waals surface area contributed by atoms with Crippen molar-refractivity contribution in [3.8, 4) is 0 Å². The third-order valence-corrected chi connectivity index (χ3v) is 7.41. The van der Waals surface area contributed by atoms with Gasteiger partial charge in [0.2, 0.25) is 0 Å². The number of halogens is 6. The van der Waals surface area contributed by atoms with Crippen LogP contribution in [0.5, 0.6) is 0 Å². The van der Waals surface area contributed by atoms with Crippen LogP contribution in [0.2, 0.25) is 0 Å². The largest absolute Gasteiger partial charge is 0.417 e. The van der Waals surface area contributed by atoms with Gasteiger partial charge in [-0.25, -0.2) is 8.42 Å². The molecule has 1 aliphatic rings. The molecule has 1 fully saturated rings. The van der Waals surface area contributed by atoms with Gasteiger partial charge in [0.1, 0.15) is 0 Å². The Hall–Kier alpha value is -2.63. The van der Waals surface area contributed by atoms with Crippen molar-refractivity contribution in [2.75, 3.05) is 5.75 Å². The first-order chi connectivity index (χ1) is 15.3. The number of benzene rings is 1. The number of nitrogens with one attached hydrogen (secondary N) is 1. The average molecular weight is 494 g/mol. The Labute approximate surface area is 186 Å². The highest BCUT2D eigenvalue weighted by molar-refractivity contribution is 7.91. The van der Waals surface area contributed by atoms with E-state index >= 15 is 0 Å². The summed E-state index contributed by atoms with van der Waals surface area (Å²) in [7, 11) is -3.97. The van der Waals surface area contributed by atoms with E-state index in [4.69, 9.17) is 0 Å². The number of carbonyl (C=O) groups is 1. The Kier molecular flexibility index (Phi) is 7.06. The van der Waals surface area contributed by atoms with E-state index in [0.29, 0.717) is 37.8 Å². The van der Waals surface area contributed by atoms with Gasteiger partial charge >= 0.3 is 12.4 Å². The highest BCUT2D eigenvalue weighted by Crippen LogP contribution is 2.33. The number of sulfone groups is 1. The summed E-state index contributed by atoms with van der Waals surface area (Å²) in [6, 6.07) is 3.81. The summed E-state index contributed by atoms with van der Waals surface area (Å²) in [5.41, 5.74) is -2.75. The normalized spacial score (nSPS) is 19.8. The Balaban J connectivity index is 1.60. The molecule has 1 aromatic carbocycles. The van der Waals surface area contributed by atoms with Crippen LogP contribution in [-0.2, 0) is 22.2 Å². The number of nitrogens with zero attached hydrogens (tertiary/aromatic N) is 1. The fraction of sp³-hybridized carbons (Fsp3) is 0.429. The monoisotopic (exact) mass is 494 g/mol. The van der Waals surface area contributed by atoms with E-state index in [1.54, 1.807) is 0 Å². The van der Waals surface area contributed by atoms with E-state index in [0.717, 1.165) is 30.6 Å². The van der Waals surface area contributed by atoms with E-state index in [1.807, 2.05) is 0 Å². The van der Waals surface area contributed by atoms with E-state index < -0.39 is 55.7 Å². The van der Waals surface area contributed by atoms with E-state index in [2.05, 4.69) is 10.3 Å². The van der Waals surface area contributed by atoms with Gasteiger partial charge in [-0.3, -0.25) is 9.78 Å². The first kappa shape index (κ1) is 25.0. The quantitative estimate of drug-likeness (QED) is 0.601. The third-order valence-electron chi connectivity index (χ3n) is 5.53.